The van der Waals surface area contributed by atoms with E-state index in [1.165, 1.54) is 20.3 Å². The van der Waals surface area contributed by atoms with Crippen LogP contribution >= 0.6 is 0 Å². The van der Waals surface area contributed by atoms with Crippen molar-refractivity contribution in [1.82, 2.24) is 39.9 Å². The minimum atomic E-state index is -0.358. The average Bonchev–Trinajstić information content (AvgIpc) is 3.58. The number of carbonyl (C=O) groups is 2. The summed E-state index contributed by atoms with van der Waals surface area (Å²) in [4.78, 5) is 29.0. The number of rotatable bonds is 13. The number of carbonyl (C=O) groups excluding carboxylic acids is 2. The first-order valence-corrected chi connectivity index (χ1v) is 11.9. The van der Waals surface area contributed by atoms with Crippen LogP contribution in [-0.2, 0) is 51.7 Å². The van der Waals surface area contributed by atoms with Gasteiger partial charge in [-0.05, 0) is 31.9 Å². The molecule has 0 aliphatic rings. The maximum Gasteiger partial charge on any atom is 0.327 e. The minimum Gasteiger partial charge on any atom is -0.465 e. The summed E-state index contributed by atoms with van der Waals surface area (Å²) in [6.45, 7) is 5.90. The van der Waals surface area contributed by atoms with Crippen LogP contribution < -0.4 is 0 Å². The van der Waals surface area contributed by atoms with Crippen molar-refractivity contribution in [2.24, 2.45) is 0 Å². The van der Waals surface area contributed by atoms with E-state index in [4.69, 9.17) is 9.47 Å². The second-order valence-corrected chi connectivity index (χ2v) is 8.25. The van der Waals surface area contributed by atoms with Crippen LogP contribution in [0.2, 0.25) is 0 Å². The number of aromatic amines is 1. The molecule has 0 fully saturated rings. The van der Waals surface area contributed by atoms with Crippen molar-refractivity contribution in [2.45, 2.75) is 46.4 Å². The van der Waals surface area contributed by atoms with Crippen molar-refractivity contribution in [1.29, 1.82) is 0 Å². The Balaban J connectivity index is 1.45. The number of nitrogens with one attached hydrogen (secondary N) is 1. The molecule has 190 valence electrons. The molecule has 36 heavy (non-hydrogen) atoms. The van der Waals surface area contributed by atoms with Crippen molar-refractivity contribution in [3.63, 3.8) is 0 Å². The molecule has 3 heterocycles. The van der Waals surface area contributed by atoms with Gasteiger partial charge in [0, 0.05) is 36.7 Å². The topological polar surface area (TPSA) is 133 Å². The first kappa shape index (κ1) is 25.0. The number of hydrogen-bond acceptors (Lipinski definition) is 9. The zero-order valence-electron chi connectivity index (χ0n) is 20.5. The average molecular weight is 495 g/mol. The molecule has 0 saturated carbocycles. The number of hydrogen-bond donors (Lipinski definition) is 1. The molecule has 0 aliphatic carbocycles. The third kappa shape index (κ3) is 6.75. The molecule has 4 aromatic rings. The number of nitrogens with zero attached hydrogens (tertiary/aromatic N) is 7. The summed E-state index contributed by atoms with van der Waals surface area (Å²) in [6, 6.07) is 8.20. The molecule has 0 unspecified atom stereocenters. The van der Waals surface area contributed by atoms with Gasteiger partial charge in [-0.25, -0.2) is 9.36 Å². The van der Waals surface area contributed by atoms with E-state index >= 15 is 0 Å². The van der Waals surface area contributed by atoms with Crippen LogP contribution in [0.1, 0.15) is 30.8 Å². The molecule has 3 aromatic heterocycles. The molecule has 0 amide bonds. The zero-order valence-corrected chi connectivity index (χ0v) is 20.5. The Morgan fingerprint density at radius 1 is 0.917 bits per heavy atom. The molecule has 0 radical (unpaired) electrons. The van der Waals surface area contributed by atoms with Crippen LogP contribution in [0, 0.1) is 0 Å². The van der Waals surface area contributed by atoms with Gasteiger partial charge in [0.2, 0.25) is 0 Å². The summed E-state index contributed by atoms with van der Waals surface area (Å²) in [6.07, 6.45) is 6.33. The Hall–Kier alpha value is -4.06. The first-order chi connectivity index (χ1) is 17.5. The van der Waals surface area contributed by atoms with Crippen LogP contribution in [0.3, 0.4) is 0 Å². The quantitative estimate of drug-likeness (QED) is 0.276. The molecule has 0 aliphatic heterocycles. The van der Waals surface area contributed by atoms with E-state index in [1.54, 1.807) is 26.2 Å². The van der Waals surface area contributed by atoms with Crippen molar-refractivity contribution in [3.8, 4) is 0 Å². The van der Waals surface area contributed by atoms with Gasteiger partial charge in [-0.15, -0.1) is 10.2 Å². The minimum absolute atomic E-state index is 0.0123. The maximum atomic E-state index is 11.8. The second-order valence-electron chi connectivity index (χ2n) is 8.25. The lowest BCUT2D eigenvalue weighted by molar-refractivity contribution is -0.145. The van der Waals surface area contributed by atoms with E-state index in [2.05, 4.69) is 42.6 Å². The molecule has 1 N–H and O–H groups in total. The predicted molar refractivity (Wildman–Crippen MR) is 129 cm³/mol. The highest BCUT2D eigenvalue weighted by molar-refractivity contribution is 5.83. The Kier molecular flexibility index (Phi) is 8.40. The summed E-state index contributed by atoms with van der Waals surface area (Å²) in [5.41, 5.74) is 3.75. The molecule has 0 atom stereocenters. The molecular weight excluding hydrogens is 464 g/mol. The molecular formula is C24H30N8O4. The number of aromatic nitrogens is 7. The summed E-state index contributed by atoms with van der Waals surface area (Å²) in [7, 11) is 0. The normalized spacial score (nSPS) is 11.3. The summed E-state index contributed by atoms with van der Waals surface area (Å²) < 4.78 is 12.9. The standard InChI is InChI=1S/C24H30N8O4/c1-3-35-23(33)16-31-14-19(26-28-31)12-30(10-9-18-11-25-22-8-6-5-7-21(18)22)13-20-15-32(29-27-20)17-24(34)36-4-2/h5-8,11,14-15,25H,3-4,9-10,12-13,16-17H2,1-2H3. The monoisotopic (exact) mass is 494 g/mol. The number of ether oxygens (including phenoxy) is 2. The van der Waals surface area contributed by atoms with E-state index in [0.29, 0.717) is 26.3 Å². The SMILES string of the molecule is CCOC(=O)Cn1cc(CN(CCc2c[nH]c3ccccc23)Cc2cn(CC(=O)OCC)nn2)nn1. The first-order valence-electron chi connectivity index (χ1n) is 11.9. The fourth-order valence-electron chi connectivity index (χ4n) is 3.94. The van der Waals surface area contributed by atoms with Crippen LogP contribution in [0.4, 0.5) is 0 Å². The van der Waals surface area contributed by atoms with Gasteiger partial charge < -0.3 is 14.5 Å². The molecule has 0 spiro atoms. The lowest BCUT2D eigenvalue weighted by atomic mass is 10.1. The number of benzene rings is 1. The highest BCUT2D eigenvalue weighted by Gasteiger charge is 2.15. The Labute approximate surface area is 208 Å². The van der Waals surface area contributed by atoms with Gasteiger partial charge in [0.25, 0.3) is 0 Å². The lowest BCUT2D eigenvalue weighted by Crippen LogP contribution is -2.26. The third-order valence-corrected chi connectivity index (χ3v) is 5.51. The summed E-state index contributed by atoms with van der Waals surface area (Å²) >= 11 is 0. The molecule has 12 nitrogen and oxygen atoms in total. The fourth-order valence-corrected chi connectivity index (χ4v) is 3.94. The smallest absolute Gasteiger partial charge is 0.327 e. The van der Waals surface area contributed by atoms with E-state index in [1.807, 2.05) is 18.3 Å². The third-order valence-electron chi connectivity index (χ3n) is 5.51. The molecule has 0 saturated heterocycles. The Morgan fingerprint density at radius 2 is 1.50 bits per heavy atom. The van der Waals surface area contributed by atoms with Crippen LogP contribution in [-0.4, -0.2) is 71.6 Å². The zero-order chi connectivity index (χ0) is 25.3. The van der Waals surface area contributed by atoms with E-state index in [-0.39, 0.29) is 25.0 Å². The second kappa shape index (κ2) is 12.1. The number of fused-ring (bicyclic) bond motifs is 1. The number of esters is 2. The molecule has 0 bridgehead atoms. The largest absolute Gasteiger partial charge is 0.465 e. The highest BCUT2D eigenvalue weighted by Crippen LogP contribution is 2.19. The summed E-state index contributed by atoms with van der Waals surface area (Å²) in [5.74, 6) is -0.716. The Morgan fingerprint density at radius 3 is 2.08 bits per heavy atom. The van der Waals surface area contributed by atoms with Gasteiger partial charge in [0.15, 0.2) is 0 Å². The van der Waals surface area contributed by atoms with Gasteiger partial charge in [0.1, 0.15) is 13.1 Å². The van der Waals surface area contributed by atoms with Gasteiger partial charge in [0.05, 0.1) is 37.0 Å². The van der Waals surface area contributed by atoms with E-state index in [9.17, 15) is 9.59 Å². The van der Waals surface area contributed by atoms with Crippen LogP contribution in [0.25, 0.3) is 10.9 Å². The van der Waals surface area contributed by atoms with Crippen molar-refractivity contribution < 1.29 is 19.1 Å². The van der Waals surface area contributed by atoms with E-state index < -0.39 is 0 Å². The molecule has 12 heteroatoms. The van der Waals surface area contributed by atoms with Gasteiger partial charge in [-0.3, -0.25) is 14.5 Å². The highest BCUT2D eigenvalue weighted by atomic mass is 16.5. The van der Waals surface area contributed by atoms with Gasteiger partial charge in [-0.1, -0.05) is 28.6 Å². The number of H-pyrrole nitrogens is 1. The van der Waals surface area contributed by atoms with Gasteiger partial charge >= 0.3 is 11.9 Å². The lowest BCUT2D eigenvalue weighted by Gasteiger charge is -2.19. The van der Waals surface area contributed by atoms with E-state index in [0.717, 1.165) is 29.9 Å². The fraction of sp³-hybridized carbons (Fsp3) is 0.417. The van der Waals surface area contributed by atoms with Crippen molar-refractivity contribution in [2.75, 3.05) is 19.8 Å². The maximum absolute atomic E-state index is 11.8. The van der Waals surface area contributed by atoms with Gasteiger partial charge in [-0.2, -0.15) is 0 Å². The Bertz CT molecular complexity index is 1230. The molecule has 1 aromatic carbocycles. The predicted octanol–water partition coefficient (Wildman–Crippen LogP) is 1.72. The van der Waals surface area contributed by atoms with Crippen molar-refractivity contribution in [3.05, 3.63) is 59.8 Å². The van der Waals surface area contributed by atoms with Crippen LogP contribution in [0.15, 0.2) is 42.9 Å². The summed E-state index contributed by atoms with van der Waals surface area (Å²) in [5, 5.41) is 17.8. The van der Waals surface area contributed by atoms with Crippen molar-refractivity contribution >= 4 is 22.8 Å². The number of para-hydroxylation sites is 1. The molecule has 4 rings (SSSR count). The van der Waals surface area contributed by atoms with Crippen LogP contribution in [0.5, 0.6) is 0 Å².